The number of ether oxygens (including phenoxy) is 1. The van der Waals surface area contributed by atoms with E-state index in [1.807, 2.05) is 0 Å². The van der Waals surface area contributed by atoms with Crippen LogP contribution in [0.2, 0.25) is 0 Å². The van der Waals surface area contributed by atoms with Crippen LogP contribution in [0.1, 0.15) is 58.3 Å². The minimum Gasteiger partial charge on any atom is -0.481 e. The Morgan fingerprint density at radius 3 is 2.63 bits per heavy atom. The Kier molecular flexibility index (Phi) is 8.77. The van der Waals surface area contributed by atoms with Crippen LogP contribution in [0.25, 0.3) is 0 Å². The van der Waals surface area contributed by atoms with Crippen molar-refractivity contribution in [2.75, 3.05) is 13.2 Å². The molecule has 0 amide bonds. The van der Waals surface area contributed by atoms with Crippen molar-refractivity contribution in [1.29, 1.82) is 0 Å². The van der Waals surface area contributed by atoms with Crippen LogP contribution in [0.5, 0.6) is 0 Å². The van der Waals surface area contributed by atoms with E-state index in [9.17, 15) is 14.7 Å². The number of fused-ring (bicyclic) bond motifs is 1. The molecule has 0 aliphatic heterocycles. The summed E-state index contributed by atoms with van der Waals surface area (Å²) >= 11 is 0. The molecule has 3 N–H and O–H groups in total. The Hall–Kier alpha value is -1.40. The highest BCUT2D eigenvalue weighted by Gasteiger charge is 2.45. The molecule has 6 atom stereocenters. The summed E-state index contributed by atoms with van der Waals surface area (Å²) < 4.78 is 5.64. The number of hydrogen-bond acceptors (Lipinski definition) is 5. The van der Waals surface area contributed by atoms with Crippen LogP contribution in [0.3, 0.4) is 0 Å². The predicted molar refractivity (Wildman–Crippen MR) is 101 cm³/mol. The summed E-state index contributed by atoms with van der Waals surface area (Å²) in [4.78, 5) is 22.8. The van der Waals surface area contributed by atoms with E-state index in [2.05, 4.69) is 19.1 Å². The molecule has 27 heavy (non-hydrogen) atoms. The summed E-state index contributed by atoms with van der Waals surface area (Å²) in [5.41, 5.74) is 0. The number of carboxylic acid groups (broad SMARTS) is 1. The van der Waals surface area contributed by atoms with Gasteiger partial charge in [0, 0.05) is 19.1 Å². The molecule has 0 aromatic heterocycles. The van der Waals surface area contributed by atoms with E-state index in [0.717, 1.165) is 32.1 Å². The largest absolute Gasteiger partial charge is 0.481 e. The SMILES string of the molecule is CC(CCO)CC[C@H]1[C@H](CO)[C@@H](OC(=O)CCC(=O)O)CC2C=CCC[C@@H]21. The van der Waals surface area contributed by atoms with Crippen molar-refractivity contribution in [2.45, 2.75) is 64.4 Å². The third-order valence-electron chi connectivity index (χ3n) is 6.33. The van der Waals surface area contributed by atoms with Gasteiger partial charge in [-0.3, -0.25) is 9.59 Å². The topological polar surface area (TPSA) is 104 Å². The third-order valence-corrected chi connectivity index (χ3v) is 6.33. The molecule has 0 bridgehead atoms. The fraction of sp³-hybridized carbons (Fsp3) is 0.810. The molecule has 0 aromatic carbocycles. The van der Waals surface area contributed by atoms with Crippen molar-refractivity contribution in [3.8, 4) is 0 Å². The lowest BCUT2D eigenvalue weighted by Gasteiger charge is -2.47. The Morgan fingerprint density at radius 1 is 1.19 bits per heavy atom. The summed E-state index contributed by atoms with van der Waals surface area (Å²) in [7, 11) is 0. The minimum absolute atomic E-state index is 0.0249. The van der Waals surface area contributed by atoms with E-state index >= 15 is 0 Å². The van der Waals surface area contributed by atoms with Gasteiger partial charge in [-0.15, -0.1) is 0 Å². The second-order valence-electron chi connectivity index (χ2n) is 8.20. The van der Waals surface area contributed by atoms with Crippen molar-refractivity contribution >= 4 is 11.9 Å². The zero-order chi connectivity index (χ0) is 19.8. The van der Waals surface area contributed by atoms with Gasteiger partial charge >= 0.3 is 11.9 Å². The van der Waals surface area contributed by atoms with E-state index in [-0.39, 0.29) is 44.0 Å². The van der Waals surface area contributed by atoms with Gasteiger partial charge in [0.05, 0.1) is 12.8 Å². The number of carbonyl (C=O) groups is 2. The number of aliphatic hydroxyl groups is 2. The standard InChI is InChI=1S/C21H34O6/c1-14(10-11-22)6-7-17-16-5-3-2-4-15(16)12-19(18(17)13-23)27-21(26)9-8-20(24)25/h2,4,14-19,22-23H,3,5-13H2,1H3,(H,24,25)/t14?,15?,16-,17+,18-,19-/m0/s1. The number of carbonyl (C=O) groups excluding carboxylic acids is 1. The number of allylic oxidation sites excluding steroid dienone is 2. The molecule has 0 saturated heterocycles. The second kappa shape index (κ2) is 10.8. The third kappa shape index (κ3) is 6.32. The Balaban J connectivity index is 2.07. The van der Waals surface area contributed by atoms with Crippen molar-refractivity contribution < 1.29 is 29.6 Å². The average molecular weight is 382 g/mol. The molecule has 2 aliphatic carbocycles. The molecule has 0 heterocycles. The fourth-order valence-electron chi connectivity index (χ4n) is 4.83. The molecule has 0 spiro atoms. The van der Waals surface area contributed by atoms with E-state index in [0.29, 0.717) is 24.2 Å². The lowest BCUT2D eigenvalue weighted by atomic mass is 9.61. The Morgan fingerprint density at radius 2 is 1.96 bits per heavy atom. The van der Waals surface area contributed by atoms with Gasteiger partial charge in [-0.1, -0.05) is 25.5 Å². The van der Waals surface area contributed by atoms with Crippen molar-refractivity contribution in [2.24, 2.45) is 29.6 Å². The summed E-state index contributed by atoms with van der Waals surface area (Å²) in [5, 5.41) is 28.0. The molecular formula is C21H34O6. The van der Waals surface area contributed by atoms with E-state index in [1.54, 1.807) is 0 Å². The molecule has 6 nitrogen and oxygen atoms in total. The number of rotatable bonds is 10. The number of aliphatic hydroxyl groups excluding tert-OH is 2. The molecule has 1 fully saturated rings. The molecule has 1 saturated carbocycles. The van der Waals surface area contributed by atoms with E-state index < -0.39 is 11.9 Å². The minimum atomic E-state index is -1.01. The molecule has 6 heteroatoms. The van der Waals surface area contributed by atoms with Crippen LogP contribution in [-0.2, 0) is 14.3 Å². The first-order chi connectivity index (χ1) is 13.0. The van der Waals surface area contributed by atoms with Crippen molar-refractivity contribution in [3.05, 3.63) is 12.2 Å². The average Bonchev–Trinajstić information content (AvgIpc) is 2.64. The van der Waals surface area contributed by atoms with Crippen LogP contribution in [0, 0.1) is 29.6 Å². The first-order valence-electron chi connectivity index (χ1n) is 10.3. The smallest absolute Gasteiger partial charge is 0.306 e. The number of aliphatic carboxylic acids is 1. The zero-order valence-corrected chi connectivity index (χ0v) is 16.3. The highest BCUT2D eigenvalue weighted by Crippen LogP contribution is 2.47. The summed E-state index contributed by atoms with van der Waals surface area (Å²) in [6.07, 6.45) is 9.24. The second-order valence-corrected chi connectivity index (χ2v) is 8.20. The summed E-state index contributed by atoms with van der Waals surface area (Å²) in [6, 6.07) is 0. The van der Waals surface area contributed by atoms with Crippen molar-refractivity contribution in [1.82, 2.24) is 0 Å². The van der Waals surface area contributed by atoms with Crippen LogP contribution >= 0.6 is 0 Å². The highest BCUT2D eigenvalue weighted by molar-refractivity contribution is 5.76. The molecule has 154 valence electrons. The lowest BCUT2D eigenvalue weighted by molar-refractivity contribution is -0.162. The van der Waals surface area contributed by atoms with Gasteiger partial charge in [-0.05, 0) is 55.8 Å². The van der Waals surface area contributed by atoms with E-state index in [1.165, 1.54) is 0 Å². The highest BCUT2D eigenvalue weighted by atomic mass is 16.5. The predicted octanol–water partition coefficient (Wildman–Crippen LogP) is 2.77. The van der Waals surface area contributed by atoms with Gasteiger partial charge in [0.25, 0.3) is 0 Å². The van der Waals surface area contributed by atoms with Gasteiger partial charge in [0.15, 0.2) is 0 Å². The molecule has 2 unspecified atom stereocenters. The molecule has 0 aromatic rings. The maximum absolute atomic E-state index is 12.1. The summed E-state index contributed by atoms with van der Waals surface area (Å²) in [6.45, 7) is 2.30. The monoisotopic (exact) mass is 382 g/mol. The fourth-order valence-corrected chi connectivity index (χ4v) is 4.83. The van der Waals surface area contributed by atoms with E-state index in [4.69, 9.17) is 14.9 Å². The molecular weight excluding hydrogens is 348 g/mol. The van der Waals surface area contributed by atoms with Gasteiger partial charge in [0.1, 0.15) is 6.10 Å². The number of hydrogen-bond donors (Lipinski definition) is 3. The van der Waals surface area contributed by atoms with Crippen LogP contribution in [-0.4, -0.2) is 46.6 Å². The Labute approximate surface area is 161 Å². The lowest BCUT2D eigenvalue weighted by Crippen LogP contribution is -2.47. The van der Waals surface area contributed by atoms with Gasteiger partial charge in [0.2, 0.25) is 0 Å². The van der Waals surface area contributed by atoms with Gasteiger partial charge < -0.3 is 20.1 Å². The zero-order valence-electron chi connectivity index (χ0n) is 16.3. The number of esters is 1. The van der Waals surface area contributed by atoms with Crippen molar-refractivity contribution in [3.63, 3.8) is 0 Å². The van der Waals surface area contributed by atoms with Crippen LogP contribution < -0.4 is 0 Å². The van der Waals surface area contributed by atoms with Crippen LogP contribution in [0.4, 0.5) is 0 Å². The molecule has 0 radical (unpaired) electrons. The summed E-state index contributed by atoms with van der Waals surface area (Å²) in [5.74, 6) is -0.0818. The quantitative estimate of drug-likeness (QED) is 0.396. The van der Waals surface area contributed by atoms with Gasteiger partial charge in [-0.25, -0.2) is 0 Å². The number of carboxylic acids is 1. The first kappa shape index (κ1) is 21.9. The molecule has 2 aliphatic rings. The Bertz CT molecular complexity index is 517. The maximum atomic E-state index is 12.1. The molecule has 2 rings (SSSR count). The van der Waals surface area contributed by atoms with Crippen LogP contribution in [0.15, 0.2) is 12.2 Å². The normalized spacial score (nSPS) is 31.1. The first-order valence-corrected chi connectivity index (χ1v) is 10.3. The maximum Gasteiger partial charge on any atom is 0.306 e. The van der Waals surface area contributed by atoms with Gasteiger partial charge in [-0.2, -0.15) is 0 Å².